The van der Waals surface area contributed by atoms with Crippen LogP contribution in [0.3, 0.4) is 0 Å². The second-order valence-electron chi connectivity index (χ2n) is 6.01. The number of likely N-dealkylation sites (tertiary alicyclic amines) is 1. The van der Waals surface area contributed by atoms with Crippen LogP contribution in [0.1, 0.15) is 12.8 Å². The average Bonchev–Trinajstić information content (AvgIpc) is 3.10. The predicted molar refractivity (Wildman–Crippen MR) is 85.3 cm³/mol. The molecule has 0 saturated carbocycles. The molecule has 0 aromatic heterocycles. The van der Waals surface area contributed by atoms with Crippen molar-refractivity contribution in [3.63, 3.8) is 0 Å². The number of fused-ring (bicyclic) bond motifs is 5. The van der Waals surface area contributed by atoms with Gasteiger partial charge in [-0.15, -0.1) is 24.0 Å². The summed E-state index contributed by atoms with van der Waals surface area (Å²) in [7, 11) is 1.54. The van der Waals surface area contributed by atoms with Crippen molar-refractivity contribution in [1.82, 2.24) is 10.2 Å². The quantitative estimate of drug-likeness (QED) is 0.389. The van der Waals surface area contributed by atoms with Gasteiger partial charge in [0.05, 0.1) is 18.8 Å². The molecule has 128 valence electrons. The summed E-state index contributed by atoms with van der Waals surface area (Å²) < 4.78 is 42.8. The van der Waals surface area contributed by atoms with Crippen LogP contribution in [0.2, 0.25) is 0 Å². The summed E-state index contributed by atoms with van der Waals surface area (Å²) in [6.45, 7) is 0.937. The minimum atomic E-state index is -4.61. The highest BCUT2D eigenvalue weighted by molar-refractivity contribution is 14.0. The van der Waals surface area contributed by atoms with Gasteiger partial charge in [-0.2, -0.15) is 13.2 Å². The molecule has 0 aliphatic carbocycles. The molecule has 0 aromatic carbocycles. The molecule has 9 heteroatoms. The summed E-state index contributed by atoms with van der Waals surface area (Å²) in [5, 5.41) is 11.7. The lowest BCUT2D eigenvalue weighted by atomic mass is 9.82. The molecule has 0 aromatic rings. The zero-order valence-electron chi connectivity index (χ0n) is 12.2. The molecule has 3 saturated heterocycles. The van der Waals surface area contributed by atoms with Gasteiger partial charge < -0.3 is 20.1 Å². The van der Waals surface area contributed by atoms with Crippen LogP contribution in [-0.2, 0) is 4.74 Å². The summed E-state index contributed by atoms with van der Waals surface area (Å²) in [6.07, 6.45) is -4.24. The maximum absolute atomic E-state index is 12.3. The molecule has 3 aliphatic heterocycles. The number of aliphatic hydroxyl groups excluding tert-OH is 1. The normalized spacial score (nSPS) is 35.3. The smallest absolute Gasteiger partial charge is 0.382 e. The Morgan fingerprint density at radius 2 is 1.86 bits per heavy atom. The number of hydrogen-bond acceptors (Lipinski definition) is 3. The molecule has 3 fully saturated rings. The van der Waals surface area contributed by atoms with Crippen LogP contribution >= 0.6 is 24.0 Å². The van der Waals surface area contributed by atoms with Crippen molar-refractivity contribution in [3.05, 3.63) is 0 Å². The number of rotatable bonds is 2. The van der Waals surface area contributed by atoms with E-state index in [-0.39, 0.29) is 24.0 Å². The first kappa shape index (κ1) is 18.1. The number of hydrogen-bond donors (Lipinski definition) is 2. The van der Waals surface area contributed by atoms with Crippen LogP contribution in [0.15, 0.2) is 4.99 Å². The van der Waals surface area contributed by atoms with Gasteiger partial charge in [-0.3, -0.25) is 4.99 Å². The second-order valence-corrected chi connectivity index (χ2v) is 6.01. The van der Waals surface area contributed by atoms with E-state index in [2.05, 4.69) is 10.3 Å². The van der Waals surface area contributed by atoms with E-state index in [1.165, 1.54) is 0 Å². The fourth-order valence-corrected chi connectivity index (χ4v) is 3.77. The van der Waals surface area contributed by atoms with Crippen molar-refractivity contribution in [2.75, 3.05) is 26.7 Å². The number of alkyl halides is 3. The predicted octanol–water partition coefficient (Wildman–Crippen LogP) is 1.21. The Balaban J connectivity index is 0.00000176. The monoisotopic (exact) mass is 435 g/mol. The highest BCUT2D eigenvalue weighted by Crippen LogP contribution is 2.47. The third-order valence-electron chi connectivity index (χ3n) is 4.80. The maximum Gasteiger partial charge on any atom is 0.416 e. The van der Waals surface area contributed by atoms with Crippen molar-refractivity contribution in [2.24, 2.45) is 16.8 Å². The molecule has 2 N–H and O–H groups in total. The minimum Gasteiger partial charge on any atom is -0.382 e. The topological polar surface area (TPSA) is 57.1 Å². The summed E-state index contributed by atoms with van der Waals surface area (Å²) in [5.74, 6) is 1.33. The lowest BCUT2D eigenvalue weighted by Gasteiger charge is -2.24. The SMILES string of the molecule is CN=C(NCC(O)C(F)(F)F)N1CC2C3CCC(O3)C2C1.I. The van der Waals surface area contributed by atoms with Crippen molar-refractivity contribution in [3.8, 4) is 0 Å². The summed E-state index contributed by atoms with van der Waals surface area (Å²) >= 11 is 0. The summed E-state index contributed by atoms with van der Waals surface area (Å²) in [4.78, 5) is 6.01. The molecule has 3 aliphatic rings. The van der Waals surface area contributed by atoms with Crippen LogP contribution in [0.4, 0.5) is 13.2 Å². The summed E-state index contributed by atoms with van der Waals surface area (Å²) in [6, 6.07) is 0. The van der Waals surface area contributed by atoms with Gasteiger partial charge in [0.2, 0.25) is 0 Å². The van der Waals surface area contributed by atoms with Gasteiger partial charge in [0.1, 0.15) is 0 Å². The fraction of sp³-hybridized carbons (Fsp3) is 0.923. The standard InChI is InChI=1S/C13H20F3N3O2.HI/c1-17-12(18-4-11(20)13(14,15)16)19-5-7-8(6-19)10-3-2-9(7)21-10;/h7-11,20H,2-6H2,1H3,(H,17,18);1H. The highest BCUT2D eigenvalue weighted by atomic mass is 127. The molecule has 3 rings (SSSR count). The van der Waals surface area contributed by atoms with Gasteiger partial charge >= 0.3 is 6.18 Å². The Morgan fingerprint density at radius 3 is 2.32 bits per heavy atom. The Hall–Kier alpha value is -0.290. The first-order chi connectivity index (χ1) is 9.90. The van der Waals surface area contributed by atoms with Gasteiger partial charge in [-0.25, -0.2) is 0 Å². The lowest BCUT2D eigenvalue weighted by Crippen LogP contribution is -2.47. The lowest BCUT2D eigenvalue weighted by molar-refractivity contribution is -0.201. The van der Waals surface area contributed by atoms with E-state index in [0.29, 0.717) is 30.0 Å². The van der Waals surface area contributed by atoms with E-state index >= 15 is 0 Å². The first-order valence-corrected chi connectivity index (χ1v) is 7.26. The number of ether oxygens (including phenoxy) is 1. The van der Waals surface area contributed by atoms with Crippen LogP contribution in [0, 0.1) is 11.8 Å². The Labute approximate surface area is 144 Å². The molecule has 5 nitrogen and oxygen atoms in total. The van der Waals surface area contributed by atoms with Crippen molar-refractivity contribution < 1.29 is 23.0 Å². The van der Waals surface area contributed by atoms with E-state index in [9.17, 15) is 13.2 Å². The van der Waals surface area contributed by atoms with Crippen LogP contribution in [0.25, 0.3) is 0 Å². The van der Waals surface area contributed by atoms with Gasteiger partial charge in [0.15, 0.2) is 12.1 Å². The third-order valence-corrected chi connectivity index (χ3v) is 4.80. The van der Waals surface area contributed by atoms with E-state index in [1.54, 1.807) is 7.05 Å². The van der Waals surface area contributed by atoms with Crippen LogP contribution in [0.5, 0.6) is 0 Å². The van der Waals surface area contributed by atoms with E-state index in [1.807, 2.05) is 4.90 Å². The van der Waals surface area contributed by atoms with E-state index in [0.717, 1.165) is 25.9 Å². The number of nitrogens with one attached hydrogen (secondary N) is 1. The first-order valence-electron chi connectivity index (χ1n) is 7.26. The fourth-order valence-electron chi connectivity index (χ4n) is 3.77. The molecule has 0 spiro atoms. The average molecular weight is 435 g/mol. The molecule has 0 amide bonds. The summed E-state index contributed by atoms with van der Waals surface area (Å²) in [5.41, 5.74) is 0. The molecule has 5 atom stereocenters. The highest BCUT2D eigenvalue weighted by Gasteiger charge is 2.53. The number of guanidine groups is 1. The Bertz CT molecular complexity index is 417. The molecule has 5 unspecified atom stereocenters. The largest absolute Gasteiger partial charge is 0.416 e. The molecule has 22 heavy (non-hydrogen) atoms. The number of nitrogens with zero attached hydrogens (tertiary/aromatic N) is 2. The molecular formula is C13H21F3IN3O2. The van der Waals surface area contributed by atoms with Gasteiger partial charge in [-0.05, 0) is 12.8 Å². The maximum atomic E-state index is 12.3. The molecule has 2 bridgehead atoms. The zero-order valence-corrected chi connectivity index (χ0v) is 14.5. The van der Waals surface area contributed by atoms with E-state index < -0.39 is 18.8 Å². The van der Waals surface area contributed by atoms with Crippen LogP contribution in [-0.4, -0.2) is 67.1 Å². The number of aliphatic imine (C=N–C) groups is 1. The van der Waals surface area contributed by atoms with E-state index in [4.69, 9.17) is 9.84 Å². The second kappa shape index (κ2) is 6.68. The van der Waals surface area contributed by atoms with Gasteiger partial charge in [0, 0.05) is 32.0 Å². The third kappa shape index (κ3) is 3.30. The Kier molecular flexibility index (Phi) is 5.48. The van der Waals surface area contributed by atoms with Gasteiger partial charge in [-0.1, -0.05) is 0 Å². The molecular weight excluding hydrogens is 414 g/mol. The number of aliphatic hydroxyl groups is 1. The van der Waals surface area contributed by atoms with Crippen molar-refractivity contribution in [1.29, 1.82) is 0 Å². The van der Waals surface area contributed by atoms with Crippen molar-refractivity contribution in [2.45, 2.75) is 37.3 Å². The van der Waals surface area contributed by atoms with Gasteiger partial charge in [0.25, 0.3) is 0 Å². The van der Waals surface area contributed by atoms with Crippen LogP contribution < -0.4 is 5.32 Å². The van der Waals surface area contributed by atoms with Crippen molar-refractivity contribution >= 4 is 29.9 Å². The zero-order chi connectivity index (χ0) is 15.2. The Morgan fingerprint density at radius 1 is 1.32 bits per heavy atom. The number of halogens is 4. The molecule has 0 radical (unpaired) electrons. The minimum absolute atomic E-state index is 0. The molecule has 3 heterocycles.